The van der Waals surface area contributed by atoms with Crippen LogP contribution in [0.25, 0.3) is 10.9 Å². The van der Waals surface area contributed by atoms with E-state index in [4.69, 9.17) is 4.74 Å². The Morgan fingerprint density at radius 1 is 1.12 bits per heavy atom. The van der Waals surface area contributed by atoms with Crippen LogP contribution in [0.15, 0.2) is 47.3 Å². The molecule has 5 heteroatoms. The Morgan fingerprint density at radius 3 is 2.60 bits per heavy atom. The van der Waals surface area contributed by atoms with Crippen molar-refractivity contribution in [3.05, 3.63) is 69.8 Å². The van der Waals surface area contributed by atoms with E-state index in [0.717, 1.165) is 17.8 Å². The molecule has 0 atom stereocenters. The molecule has 1 aromatic heterocycles. The zero-order valence-electron chi connectivity index (χ0n) is 14.9. The maximum atomic E-state index is 12.1. The summed E-state index contributed by atoms with van der Waals surface area (Å²) < 4.78 is 5.84. The highest BCUT2D eigenvalue weighted by Crippen LogP contribution is 2.16. The van der Waals surface area contributed by atoms with Crippen LogP contribution in [0.1, 0.15) is 17.0 Å². The number of aromatic nitrogens is 2. The van der Waals surface area contributed by atoms with E-state index in [1.807, 2.05) is 37.4 Å². The number of rotatable bonds is 6. The molecule has 3 aromatic rings. The van der Waals surface area contributed by atoms with Gasteiger partial charge >= 0.3 is 0 Å². The summed E-state index contributed by atoms with van der Waals surface area (Å²) in [6.07, 6.45) is 0. The number of hydrogen-bond acceptors (Lipinski definition) is 4. The summed E-state index contributed by atoms with van der Waals surface area (Å²) in [6.45, 7) is 6.01. The van der Waals surface area contributed by atoms with E-state index in [0.29, 0.717) is 24.4 Å². The van der Waals surface area contributed by atoms with Gasteiger partial charge in [-0.3, -0.25) is 9.69 Å². The van der Waals surface area contributed by atoms with Gasteiger partial charge in [0.25, 0.3) is 5.56 Å². The molecule has 1 heterocycles. The molecule has 0 amide bonds. The average Bonchev–Trinajstić information content (AvgIpc) is 2.54. The van der Waals surface area contributed by atoms with E-state index in [2.05, 4.69) is 34.8 Å². The lowest BCUT2D eigenvalue weighted by Gasteiger charge is -2.17. The van der Waals surface area contributed by atoms with Crippen molar-refractivity contribution in [2.24, 2.45) is 0 Å². The largest absolute Gasteiger partial charge is 0.492 e. The monoisotopic (exact) mass is 337 g/mol. The molecule has 0 unspecified atom stereocenters. The lowest BCUT2D eigenvalue weighted by Crippen LogP contribution is -2.26. The van der Waals surface area contributed by atoms with Gasteiger partial charge in [-0.2, -0.15) is 0 Å². The molecular weight excluding hydrogens is 314 g/mol. The summed E-state index contributed by atoms with van der Waals surface area (Å²) in [5.74, 6) is 1.56. The molecule has 0 aliphatic carbocycles. The van der Waals surface area contributed by atoms with Crippen molar-refractivity contribution in [3.63, 3.8) is 0 Å². The Bertz CT molecular complexity index is 913. The van der Waals surface area contributed by atoms with Crippen LogP contribution in [0.5, 0.6) is 5.75 Å². The summed E-state index contributed by atoms with van der Waals surface area (Å²) in [5.41, 5.74) is 3.02. The first kappa shape index (κ1) is 17.2. The van der Waals surface area contributed by atoms with Gasteiger partial charge in [-0.1, -0.05) is 18.2 Å². The molecule has 2 aromatic carbocycles. The van der Waals surface area contributed by atoms with E-state index in [1.165, 1.54) is 11.1 Å². The van der Waals surface area contributed by atoms with Crippen molar-refractivity contribution in [1.82, 2.24) is 14.9 Å². The van der Waals surface area contributed by atoms with Gasteiger partial charge in [0.1, 0.15) is 18.2 Å². The predicted octanol–water partition coefficient (Wildman–Crippen LogP) is 3.05. The number of aryl methyl sites for hydroxylation is 2. The maximum Gasteiger partial charge on any atom is 0.258 e. The molecule has 0 radical (unpaired) electrons. The number of nitrogens with zero attached hydrogens (tertiary/aromatic N) is 2. The lowest BCUT2D eigenvalue weighted by atomic mass is 10.1. The van der Waals surface area contributed by atoms with Gasteiger partial charge in [-0.15, -0.1) is 0 Å². The number of nitrogens with one attached hydrogen (secondary N) is 1. The molecule has 25 heavy (non-hydrogen) atoms. The smallest absolute Gasteiger partial charge is 0.258 e. The van der Waals surface area contributed by atoms with E-state index in [9.17, 15) is 4.79 Å². The number of likely N-dealkylation sites (N-methyl/N-ethyl adjacent to an activating group) is 1. The lowest BCUT2D eigenvalue weighted by molar-refractivity contribution is 0.229. The molecule has 3 rings (SSSR count). The number of H-pyrrole nitrogens is 1. The molecule has 5 nitrogen and oxygen atoms in total. The number of ether oxygens (including phenoxy) is 1. The first-order valence-electron chi connectivity index (χ1n) is 8.39. The zero-order chi connectivity index (χ0) is 17.8. The zero-order valence-corrected chi connectivity index (χ0v) is 14.9. The Balaban J connectivity index is 1.59. The second-order valence-corrected chi connectivity index (χ2v) is 6.44. The normalized spacial score (nSPS) is 11.2. The summed E-state index contributed by atoms with van der Waals surface area (Å²) >= 11 is 0. The fourth-order valence-corrected chi connectivity index (χ4v) is 2.88. The van der Waals surface area contributed by atoms with Gasteiger partial charge in [0.05, 0.1) is 17.4 Å². The van der Waals surface area contributed by atoms with Crippen LogP contribution in [0.2, 0.25) is 0 Å². The quantitative estimate of drug-likeness (QED) is 0.751. The van der Waals surface area contributed by atoms with Crippen LogP contribution in [0, 0.1) is 13.8 Å². The molecule has 0 aliphatic heterocycles. The van der Waals surface area contributed by atoms with Crippen molar-refractivity contribution in [3.8, 4) is 5.75 Å². The Labute approximate surface area is 147 Å². The van der Waals surface area contributed by atoms with Crippen molar-refractivity contribution >= 4 is 10.9 Å². The molecule has 1 N–H and O–H groups in total. The van der Waals surface area contributed by atoms with E-state index < -0.39 is 0 Å². The molecule has 0 spiro atoms. The van der Waals surface area contributed by atoms with E-state index in [-0.39, 0.29) is 5.56 Å². The third-order valence-electron chi connectivity index (χ3n) is 4.02. The van der Waals surface area contributed by atoms with Crippen molar-refractivity contribution < 1.29 is 4.74 Å². The topological polar surface area (TPSA) is 58.2 Å². The van der Waals surface area contributed by atoms with Gasteiger partial charge in [0.15, 0.2) is 0 Å². The SMILES string of the molecule is Cc1cc(C)cc(OCCN(C)Cc2nc3ccccc3c(=O)[nH]2)c1. The number of benzene rings is 2. The Hall–Kier alpha value is -2.66. The maximum absolute atomic E-state index is 12.1. The average molecular weight is 337 g/mol. The minimum atomic E-state index is -0.0968. The van der Waals surface area contributed by atoms with Crippen LogP contribution < -0.4 is 10.3 Å². The van der Waals surface area contributed by atoms with Gasteiger partial charge in [0, 0.05) is 6.54 Å². The van der Waals surface area contributed by atoms with Crippen LogP contribution >= 0.6 is 0 Å². The number of fused-ring (bicyclic) bond motifs is 1. The highest BCUT2D eigenvalue weighted by molar-refractivity contribution is 5.77. The van der Waals surface area contributed by atoms with Crippen molar-refractivity contribution in [1.29, 1.82) is 0 Å². The van der Waals surface area contributed by atoms with E-state index >= 15 is 0 Å². The minimum Gasteiger partial charge on any atom is -0.492 e. The second kappa shape index (κ2) is 7.49. The number of aromatic amines is 1. The van der Waals surface area contributed by atoms with Crippen LogP contribution in [-0.2, 0) is 6.54 Å². The Kier molecular flexibility index (Phi) is 5.14. The van der Waals surface area contributed by atoms with Crippen molar-refractivity contribution in [2.45, 2.75) is 20.4 Å². The molecule has 0 fully saturated rings. The summed E-state index contributed by atoms with van der Waals surface area (Å²) in [6, 6.07) is 13.6. The fraction of sp³-hybridized carbons (Fsp3) is 0.300. The molecule has 130 valence electrons. The van der Waals surface area contributed by atoms with Crippen molar-refractivity contribution in [2.75, 3.05) is 20.2 Å². The summed E-state index contributed by atoms with van der Waals surface area (Å²) in [4.78, 5) is 21.6. The predicted molar refractivity (Wildman–Crippen MR) is 100 cm³/mol. The molecule has 0 aliphatic rings. The standard InChI is InChI=1S/C20H23N3O2/c1-14-10-15(2)12-16(11-14)25-9-8-23(3)13-19-21-18-7-5-4-6-17(18)20(24)22-19/h4-7,10-12H,8-9,13H2,1-3H3,(H,21,22,24). The minimum absolute atomic E-state index is 0.0968. The van der Waals surface area contributed by atoms with Gasteiger partial charge in [-0.25, -0.2) is 4.98 Å². The Morgan fingerprint density at radius 2 is 1.84 bits per heavy atom. The van der Waals surface area contributed by atoms with Crippen LogP contribution in [0.3, 0.4) is 0 Å². The first-order chi connectivity index (χ1) is 12.0. The van der Waals surface area contributed by atoms with Crippen LogP contribution in [-0.4, -0.2) is 35.1 Å². The number of hydrogen-bond donors (Lipinski definition) is 1. The third kappa shape index (κ3) is 4.45. The second-order valence-electron chi connectivity index (χ2n) is 6.44. The van der Waals surface area contributed by atoms with Gasteiger partial charge in [-0.05, 0) is 56.3 Å². The van der Waals surface area contributed by atoms with Gasteiger partial charge < -0.3 is 9.72 Å². The van der Waals surface area contributed by atoms with Gasteiger partial charge in [0.2, 0.25) is 0 Å². The third-order valence-corrected chi connectivity index (χ3v) is 4.02. The number of para-hydroxylation sites is 1. The molecular formula is C20H23N3O2. The first-order valence-corrected chi connectivity index (χ1v) is 8.39. The van der Waals surface area contributed by atoms with E-state index in [1.54, 1.807) is 6.07 Å². The highest BCUT2D eigenvalue weighted by Gasteiger charge is 2.06. The summed E-state index contributed by atoms with van der Waals surface area (Å²) in [7, 11) is 1.99. The molecule has 0 saturated carbocycles. The highest BCUT2D eigenvalue weighted by atomic mass is 16.5. The fourth-order valence-electron chi connectivity index (χ4n) is 2.88. The molecule has 0 bridgehead atoms. The van der Waals surface area contributed by atoms with Crippen LogP contribution in [0.4, 0.5) is 0 Å². The summed E-state index contributed by atoms with van der Waals surface area (Å²) in [5, 5.41) is 0.618. The molecule has 0 saturated heterocycles.